The normalized spacial score (nSPS) is 28.6. The number of hydrogen-bond donors (Lipinski definition) is 0. The van der Waals surface area contributed by atoms with E-state index in [9.17, 15) is 9.59 Å². The predicted molar refractivity (Wildman–Crippen MR) is 125 cm³/mol. The van der Waals surface area contributed by atoms with E-state index in [-0.39, 0.29) is 23.8 Å². The first-order valence-electron chi connectivity index (χ1n) is 12.4. The minimum atomic E-state index is -0.316. The minimum absolute atomic E-state index is 0.0603. The zero-order chi connectivity index (χ0) is 22.5. The molecule has 0 aliphatic carbocycles. The molecule has 32 heavy (non-hydrogen) atoms. The molecule has 4 rings (SSSR count). The maximum Gasteiger partial charge on any atom is 0.228 e. The Kier molecular flexibility index (Phi) is 7.84. The molecule has 3 aliphatic heterocycles. The van der Waals surface area contributed by atoms with Crippen LogP contribution >= 0.6 is 0 Å². The van der Waals surface area contributed by atoms with Crippen molar-refractivity contribution in [3.8, 4) is 0 Å². The largest absolute Gasteiger partial charge is 0.385 e. The van der Waals surface area contributed by atoms with Gasteiger partial charge in [-0.05, 0) is 56.7 Å². The van der Waals surface area contributed by atoms with Gasteiger partial charge in [-0.3, -0.25) is 9.59 Å². The second-order valence-electron chi connectivity index (χ2n) is 9.80. The van der Waals surface area contributed by atoms with Gasteiger partial charge in [0.25, 0.3) is 0 Å². The maximum absolute atomic E-state index is 13.9. The summed E-state index contributed by atoms with van der Waals surface area (Å²) in [5, 5.41) is 0. The van der Waals surface area contributed by atoms with Crippen LogP contribution in [0.3, 0.4) is 0 Å². The summed E-state index contributed by atoms with van der Waals surface area (Å²) in [4.78, 5) is 33.1. The van der Waals surface area contributed by atoms with Crippen molar-refractivity contribution in [3.05, 3.63) is 35.9 Å². The average Bonchev–Trinajstić information content (AvgIpc) is 3.13. The Balaban J connectivity index is 1.53. The minimum Gasteiger partial charge on any atom is -0.385 e. The van der Waals surface area contributed by atoms with Gasteiger partial charge in [0.15, 0.2) is 0 Å². The fourth-order valence-corrected chi connectivity index (χ4v) is 6.20. The highest BCUT2D eigenvalue weighted by molar-refractivity contribution is 5.90. The van der Waals surface area contributed by atoms with Crippen LogP contribution in [0.15, 0.2) is 30.3 Å². The lowest BCUT2D eigenvalue weighted by atomic mass is 9.83. The summed E-state index contributed by atoms with van der Waals surface area (Å²) in [6, 6.07) is 10.5. The summed E-state index contributed by atoms with van der Waals surface area (Å²) in [7, 11) is 3.55. The van der Waals surface area contributed by atoms with Gasteiger partial charge in [0, 0.05) is 46.3 Å². The third-order valence-electron chi connectivity index (χ3n) is 7.82. The van der Waals surface area contributed by atoms with Crippen LogP contribution in [0, 0.1) is 11.8 Å². The molecule has 0 saturated carbocycles. The number of nitrogens with zero attached hydrogens (tertiary/aromatic N) is 3. The van der Waals surface area contributed by atoms with Crippen LogP contribution < -0.4 is 0 Å². The standard InChI is InChI=1S/C26H39N3O3/c1-27-24(30)18-22(25(27)20-10-4-3-5-11-20)26(31)29(16-9-17-32-2)19-21-12-8-15-28-14-7-6-13-23(21)28/h3-5,10-11,21-23,25H,6-9,12-19H2,1-2H3/t21-,22-,23+,25+/m0/s1. The molecule has 0 radical (unpaired) electrons. The number of likely N-dealkylation sites (tertiary alicyclic amines) is 1. The number of benzene rings is 1. The lowest BCUT2D eigenvalue weighted by Crippen LogP contribution is -2.52. The summed E-state index contributed by atoms with van der Waals surface area (Å²) < 4.78 is 5.29. The summed E-state index contributed by atoms with van der Waals surface area (Å²) >= 11 is 0. The van der Waals surface area contributed by atoms with Crippen molar-refractivity contribution in [2.45, 2.75) is 57.0 Å². The van der Waals surface area contributed by atoms with Crippen LogP contribution in [0.1, 0.15) is 56.6 Å². The van der Waals surface area contributed by atoms with Crippen LogP contribution in [-0.2, 0) is 14.3 Å². The lowest BCUT2D eigenvalue weighted by Gasteiger charge is -2.46. The second-order valence-corrected chi connectivity index (χ2v) is 9.80. The van der Waals surface area contributed by atoms with E-state index in [4.69, 9.17) is 4.74 Å². The van der Waals surface area contributed by atoms with Gasteiger partial charge in [-0.15, -0.1) is 0 Å². The van der Waals surface area contributed by atoms with E-state index in [0.29, 0.717) is 31.5 Å². The van der Waals surface area contributed by atoms with Crippen molar-refractivity contribution >= 4 is 11.8 Å². The molecule has 4 atom stereocenters. The summed E-state index contributed by atoms with van der Waals surface area (Å²) in [6.07, 6.45) is 7.40. The molecule has 0 aromatic heterocycles. The molecule has 3 aliphatic rings. The van der Waals surface area contributed by atoms with Crippen molar-refractivity contribution in [3.63, 3.8) is 0 Å². The first-order valence-corrected chi connectivity index (χ1v) is 12.4. The summed E-state index contributed by atoms with van der Waals surface area (Å²) in [5.41, 5.74) is 1.05. The van der Waals surface area contributed by atoms with E-state index in [1.165, 1.54) is 45.2 Å². The van der Waals surface area contributed by atoms with Gasteiger partial charge in [0.1, 0.15) is 0 Å². The second kappa shape index (κ2) is 10.8. The molecule has 3 heterocycles. The molecule has 3 saturated heterocycles. The molecule has 3 fully saturated rings. The van der Waals surface area contributed by atoms with Gasteiger partial charge in [-0.1, -0.05) is 36.8 Å². The van der Waals surface area contributed by atoms with Crippen molar-refractivity contribution in [2.75, 3.05) is 46.9 Å². The smallest absolute Gasteiger partial charge is 0.228 e. The Morgan fingerprint density at radius 2 is 1.91 bits per heavy atom. The molecule has 2 amide bonds. The fourth-order valence-electron chi connectivity index (χ4n) is 6.20. The highest BCUT2D eigenvalue weighted by Crippen LogP contribution is 2.39. The van der Waals surface area contributed by atoms with Crippen LogP contribution in [0.25, 0.3) is 0 Å². The highest BCUT2D eigenvalue weighted by Gasteiger charge is 2.45. The number of carbonyl (C=O) groups is 2. The van der Waals surface area contributed by atoms with Gasteiger partial charge in [0.2, 0.25) is 11.8 Å². The molecule has 1 aromatic carbocycles. The number of fused-ring (bicyclic) bond motifs is 1. The fraction of sp³-hybridized carbons (Fsp3) is 0.692. The number of hydrogen-bond acceptors (Lipinski definition) is 4. The molecule has 0 unspecified atom stereocenters. The average molecular weight is 442 g/mol. The molecular weight excluding hydrogens is 402 g/mol. The summed E-state index contributed by atoms with van der Waals surface area (Å²) in [5.74, 6) is 0.412. The van der Waals surface area contributed by atoms with Gasteiger partial charge in [-0.25, -0.2) is 0 Å². The van der Waals surface area contributed by atoms with E-state index >= 15 is 0 Å². The highest BCUT2D eigenvalue weighted by atomic mass is 16.5. The van der Waals surface area contributed by atoms with E-state index < -0.39 is 0 Å². The van der Waals surface area contributed by atoms with E-state index in [1.54, 1.807) is 12.0 Å². The quantitative estimate of drug-likeness (QED) is 0.581. The first kappa shape index (κ1) is 23.2. The third-order valence-corrected chi connectivity index (χ3v) is 7.82. The van der Waals surface area contributed by atoms with Crippen LogP contribution in [0.4, 0.5) is 0 Å². The molecule has 6 nitrogen and oxygen atoms in total. The van der Waals surface area contributed by atoms with Crippen LogP contribution in [-0.4, -0.2) is 79.5 Å². The van der Waals surface area contributed by atoms with Gasteiger partial charge >= 0.3 is 0 Å². The molecule has 1 aromatic rings. The first-order chi connectivity index (χ1) is 15.6. The molecule has 6 heteroatoms. The Labute approximate surface area is 192 Å². The number of piperidine rings is 2. The molecule has 176 valence electrons. The summed E-state index contributed by atoms with van der Waals surface area (Å²) in [6.45, 7) is 4.56. The third kappa shape index (κ3) is 5.01. The number of carbonyl (C=O) groups excluding carboxylic acids is 2. The zero-order valence-corrected chi connectivity index (χ0v) is 19.7. The Morgan fingerprint density at radius 3 is 2.69 bits per heavy atom. The molecule has 0 N–H and O–H groups in total. The maximum atomic E-state index is 13.9. The molecule has 0 bridgehead atoms. The molecule has 0 spiro atoms. The van der Waals surface area contributed by atoms with Gasteiger partial charge in [-0.2, -0.15) is 0 Å². The molecular formula is C26H39N3O3. The number of ether oxygens (including phenoxy) is 1. The topological polar surface area (TPSA) is 53.1 Å². The number of rotatable bonds is 8. The zero-order valence-electron chi connectivity index (χ0n) is 19.7. The van der Waals surface area contributed by atoms with Gasteiger partial charge < -0.3 is 19.4 Å². The van der Waals surface area contributed by atoms with Crippen molar-refractivity contribution in [1.82, 2.24) is 14.7 Å². The Bertz CT molecular complexity index is 769. The van der Waals surface area contributed by atoms with E-state index in [0.717, 1.165) is 18.5 Å². The lowest BCUT2D eigenvalue weighted by molar-refractivity contribution is -0.138. The number of methoxy groups -OCH3 is 1. The van der Waals surface area contributed by atoms with E-state index in [1.807, 2.05) is 37.4 Å². The van der Waals surface area contributed by atoms with Crippen LogP contribution in [0.5, 0.6) is 0 Å². The van der Waals surface area contributed by atoms with E-state index in [2.05, 4.69) is 9.80 Å². The Hall–Kier alpha value is -1.92. The van der Waals surface area contributed by atoms with Crippen LogP contribution in [0.2, 0.25) is 0 Å². The SMILES string of the molecule is COCCCN(C[C@@H]1CCCN2CCCC[C@H]12)C(=O)[C@H]1CC(=O)N(C)[C@@H]1c1ccccc1. The van der Waals surface area contributed by atoms with Gasteiger partial charge in [0.05, 0.1) is 12.0 Å². The monoisotopic (exact) mass is 441 g/mol. The Morgan fingerprint density at radius 1 is 1.12 bits per heavy atom. The van der Waals surface area contributed by atoms with Crippen molar-refractivity contribution in [1.29, 1.82) is 0 Å². The van der Waals surface area contributed by atoms with Crippen molar-refractivity contribution in [2.24, 2.45) is 11.8 Å². The number of amides is 2. The van der Waals surface area contributed by atoms with Crippen molar-refractivity contribution < 1.29 is 14.3 Å². The predicted octanol–water partition coefficient (Wildman–Crippen LogP) is 3.34.